The van der Waals surface area contributed by atoms with Crippen LogP contribution in [0.4, 0.5) is 5.69 Å². The van der Waals surface area contributed by atoms with Gasteiger partial charge >= 0.3 is 0 Å². The Labute approximate surface area is 101 Å². The van der Waals surface area contributed by atoms with Gasteiger partial charge in [0.05, 0.1) is 11.9 Å². The molecule has 1 aromatic heterocycles. The molecule has 2 bridgehead atoms. The van der Waals surface area contributed by atoms with Gasteiger partial charge in [0.25, 0.3) is 0 Å². The summed E-state index contributed by atoms with van der Waals surface area (Å²) in [4.78, 5) is 6.71. The minimum Gasteiger partial charge on any atom is -0.364 e. The molecular weight excluding hydrogens is 222 g/mol. The third kappa shape index (κ3) is 1.68. The summed E-state index contributed by atoms with van der Waals surface area (Å²) in [5, 5.41) is 4.17. The molecule has 3 aliphatic heterocycles. The van der Waals surface area contributed by atoms with Gasteiger partial charge in [0, 0.05) is 25.2 Å². The Morgan fingerprint density at radius 2 is 2.38 bits per heavy atom. The highest BCUT2D eigenvalue weighted by molar-refractivity contribution is 6.30. The molecule has 4 rings (SSSR count). The van der Waals surface area contributed by atoms with Gasteiger partial charge < -0.3 is 10.2 Å². The van der Waals surface area contributed by atoms with Crippen LogP contribution in [0, 0.1) is 6.92 Å². The number of anilines is 1. The third-order valence-corrected chi connectivity index (χ3v) is 4.08. The van der Waals surface area contributed by atoms with Crippen LogP contribution in [0.25, 0.3) is 0 Å². The molecule has 86 valence electrons. The van der Waals surface area contributed by atoms with E-state index in [0.29, 0.717) is 17.2 Å². The van der Waals surface area contributed by atoms with Crippen LogP contribution in [0.5, 0.6) is 0 Å². The highest BCUT2D eigenvalue weighted by atomic mass is 35.5. The molecule has 0 radical (unpaired) electrons. The number of nitrogens with one attached hydrogen (secondary N) is 1. The fourth-order valence-electron chi connectivity index (χ4n) is 2.73. The van der Waals surface area contributed by atoms with Crippen molar-refractivity contribution in [3.63, 3.8) is 0 Å². The van der Waals surface area contributed by atoms with Gasteiger partial charge in [0.1, 0.15) is 5.15 Å². The summed E-state index contributed by atoms with van der Waals surface area (Å²) in [5.74, 6) is 0. The zero-order valence-electron chi connectivity index (χ0n) is 9.41. The van der Waals surface area contributed by atoms with Crippen LogP contribution in [0.15, 0.2) is 12.3 Å². The maximum Gasteiger partial charge on any atom is 0.132 e. The van der Waals surface area contributed by atoms with Crippen LogP contribution in [-0.4, -0.2) is 30.2 Å². The molecule has 4 heteroatoms. The summed E-state index contributed by atoms with van der Waals surface area (Å²) in [5.41, 5.74) is 2.28. The lowest BCUT2D eigenvalue weighted by atomic mass is 9.92. The molecule has 16 heavy (non-hydrogen) atoms. The summed E-state index contributed by atoms with van der Waals surface area (Å²) in [6.07, 6.45) is 4.50. The Morgan fingerprint density at radius 1 is 1.50 bits per heavy atom. The van der Waals surface area contributed by atoms with E-state index in [1.54, 1.807) is 0 Å². The number of hydrogen-bond acceptors (Lipinski definition) is 3. The second-order valence-corrected chi connectivity index (χ2v) is 5.15. The first-order valence-electron chi connectivity index (χ1n) is 5.86. The molecule has 0 saturated carbocycles. The number of piperazine rings is 1. The van der Waals surface area contributed by atoms with Gasteiger partial charge in [-0.25, -0.2) is 4.98 Å². The Balaban J connectivity index is 1.89. The predicted octanol–water partition coefficient (Wildman–Crippen LogP) is 1.98. The Morgan fingerprint density at radius 3 is 2.94 bits per heavy atom. The Kier molecular flexibility index (Phi) is 2.52. The van der Waals surface area contributed by atoms with E-state index in [0.717, 1.165) is 18.7 Å². The maximum absolute atomic E-state index is 5.96. The first-order chi connectivity index (χ1) is 7.74. The molecule has 0 aliphatic carbocycles. The number of aromatic nitrogens is 1. The van der Waals surface area contributed by atoms with Crippen LogP contribution in [0.1, 0.15) is 18.4 Å². The van der Waals surface area contributed by atoms with Crippen molar-refractivity contribution in [1.29, 1.82) is 0 Å². The molecule has 0 spiro atoms. The lowest BCUT2D eigenvalue weighted by Gasteiger charge is -2.47. The van der Waals surface area contributed by atoms with E-state index < -0.39 is 0 Å². The molecule has 4 heterocycles. The molecule has 1 aromatic rings. The van der Waals surface area contributed by atoms with Crippen molar-refractivity contribution in [3.8, 4) is 0 Å². The summed E-state index contributed by atoms with van der Waals surface area (Å²) in [7, 11) is 0. The first kappa shape index (κ1) is 10.4. The second-order valence-electron chi connectivity index (χ2n) is 4.79. The predicted molar refractivity (Wildman–Crippen MR) is 66.1 cm³/mol. The summed E-state index contributed by atoms with van der Waals surface area (Å²) in [6.45, 7) is 4.22. The minimum absolute atomic E-state index is 0.615. The molecule has 3 fully saturated rings. The lowest BCUT2D eigenvalue weighted by Crippen LogP contribution is -2.61. The molecule has 0 aromatic carbocycles. The van der Waals surface area contributed by atoms with E-state index >= 15 is 0 Å². The van der Waals surface area contributed by atoms with Crippen molar-refractivity contribution < 1.29 is 0 Å². The first-order valence-corrected chi connectivity index (χ1v) is 6.24. The number of hydrogen-bond donors (Lipinski definition) is 1. The van der Waals surface area contributed by atoms with Gasteiger partial charge in [-0.15, -0.1) is 0 Å². The zero-order chi connectivity index (χ0) is 11.1. The molecule has 3 saturated heterocycles. The van der Waals surface area contributed by atoms with Crippen LogP contribution < -0.4 is 10.2 Å². The Hall–Kier alpha value is -0.800. The van der Waals surface area contributed by atoms with E-state index in [-0.39, 0.29) is 0 Å². The van der Waals surface area contributed by atoms with Crippen LogP contribution in [0.3, 0.4) is 0 Å². The van der Waals surface area contributed by atoms with Crippen molar-refractivity contribution in [2.75, 3.05) is 18.0 Å². The van der Waals surface area contributed by atoms with E-state index in [1.165, 1.54) is 18.5 Å². The van der Waals surface area contributed by atoms with Gasteiger partial charge in [-0.2, -0.15) is 0 Å². The number of rotatable bonds is 1. The average molecular weight is 238 g/mol. The fraction of sp³-hybridized carbons (Fsp3) is 0.583. The number of pyridine rings is 1. The molecule has 3 nitrogen and oxygen atoms in total. The van der Waals surface area contributed by atoms with E-state index in [4.69, 9.17) is 11.6 Å². The van der Waals surface area contributed by atoms with Gasteiger partial charge in [-0.3, -0.25) is 0 Å². The maximum atomic E-state index is 5.96. The van der Waals surface area contributed by atoms with Gasteiger partial charge in [-0.05, 0) is 31.4 Å². The van der Waals surface area contributed by atoms with Crippen molar-refractivity contribution in [3.05, 3.63) is 23.0 Å². The zero-order valence-corrected chi connectivity index (χ0v) is 10.2. The number of nitrogens with zero attached hydrogens (tertiary/aromatic N) is 2. The average Bonchev–Trinajstić information content (AvgIpc) is 2.34. The van der Waals surface area contributed by atoms with E-state index in [9.17, 15) is 0 Å². The van der Waals surface area contributed by atoms with Crippen LogP contribution >= 0.6 is 11.6 Å². The molecule has 3 aliphatic rings. The largest absolute Gasteiger partial charge is 0.364 e. The highest BCUT2D eigenvalue weighted by Crippen LogP contribution is 2.29. The molecule has 0 unspecified atom stereocenters. The van der Waals surface area contributed by atoms with Crippen molar-refractivity contribution >= 4 is 17.3 Å². The number of aryl methyl sites for hydroxylation is 1. The highest BCUT2D eigenvalue weighted by Gasteiger charge is 2.33. The fourth-order valence-corrected chi connectivity index (χ4v) is 2.83. The summed E-state index contributed by atoms with van der Waals surface area (Å²) >= 11 is 5.96. The van der Waals surface area contributed by atoms with Crippen molar-refractivity contribution in [2.45, 2.75) is 31.8 Å². The summed E-state index contributed by atoms with van der Waals surface area (Å²) in [6, 6.07) is 3.43. The molecule has 2 atom stereocenters. The minimum atomic E-state index is 0.615. The third-order valence-electron chi connectivity index (χ3n) is 3.68. The molecule has 0 amide bonds. The van der Waals surface area contributed by atoms with E-state index in [1.807, 2.05) is 13.1 Å². The van der Waals surface area contributed by atoms with Crippen LogP contribution in [-0.2, 0) is 0 Å². The topological polar surface area (TPSA) is 28.2 Å². The SMILES string of the molecule is Cc1cc(N2C[C@@H]3CC[C@H]2CN3)cnc1Cl. The molecule has 1 N–H and O–H groups in total. The van der Waals surface area contributed by atoms with Gasteiger partial charge in [0.15, 0.2) is 0 Å². The second kappa shape index (κ2) is 3.90. The number of fused-ring (bicyclic) bond motifs is 3. The standard InChI is InChI=1S/C12H16ClN3/c1-8-4-11(6-15-12(8)13)16-7-9-2-3-10(16)5-14-9/h4,6,9-10,14H,2-3,5,7H2,1H3/t9-,10-/m0/s1. The number of piperidine rings is 2. The van der Waals surface area contributed by atoms with Crippen LogP contribution in [0.2, 0.25) is 5.15 Å². The molecular formula is C12H16ClN3. The van der Waals surface area contributed by atoms with Gasteiger partial charge in [-0.1, -0.05) is 11.6 Å². The Bertz CT molecular complexity index is 399. The van der Waals surface area contributed by atoms with E-state index in [2.05, 4.69) is 21.3 Å². The van der Waals surface area contributed by atoms with Crippen molar-refractivity contribution in [1.82, 2.24) is 10.3 Å². The lowest BCUT2D eigenvalue weighted by molar-refractivity contribution is 0.290. The number of halogens is 1. The smallest absolute Gasteiger partial charge is 0.132 e. The monoisotopic (exact) mass is 237 g/mol. The van der Waals surface area contributed by atoms with Crippen molar-refractivity contribution in [2.24, 2.45) is 0 Å². The summed E-state index contributed by atoms with van der Waals surface area (Å²) < 4.78 is 0. The van der Waals surface area contributed by atoms with Gasteiger partial charge in [0.2, 0.25) is 0 Å². The normalized spacial score (nSPS) is 28.5. The quantitative estimate of drug-likeness (QED) is 0.758.